The van der Waals surface area contributed by atoms with Crippen LogP contribution >= 0.6 is 11.3 Å². The Morgan fingerprint density at radius 2 is 1.23 bits per heavy atom. The lowest BCUT2D eigenvalue weighted by molar-refractivity contribution is 0.663. The van der Waals surface area contributed by atoms with Gasteiger partial charge in [0.1, 0.15) is 23.2 Å². The fourth-order valence-electron chi connectivity index (χ4n) is 8.68. The van der Waals surface area contributed by atoms with Gasteiger partial charge in [-0.2, -0.15) is 0 Å². The van der Waals surface area contributed by atoms with Crippen molar-refractivity contribution < 1.29 is 4.42 Å². The second kappa shape index (κ2) is 12.6. The van der Waals surface area contributed by atoms with Crippen molar-refractivity contribution in [2.45, 2.75) is 6.17 Å². The molecule has 0 amide bonds. The molecule has 6 heteroatoms. The molecule has 0 spiro atoms. The molecule has 0 radical (unpaired) electrons. The van der Waals surface area contributed by atoms with Crippen LogP contribution in [0.1, 0.15) is 22.9 Å². The monoisotopic (exact) mass is 748 g/mol. The quantitative estimate of drug-likeness (QED) is 0.191. The molecule has 3 aromatic heterocycles. The average Bonchev–Trinajstić information content (AvgIpc) is 3.96. The van der Waals surface area contributed by atoms with E-state index in [0.29, 0.717) is 5.84 Å². The molecule has 1 aliphatic heterocycles. The van der Waals surface area contributed by atoms with Crippen molar-refractivity contribution in [3.05, 3.63) is 199 Å². The first kappa shape index (κ1) is 32.0. The summed E-state index contributed by atoms with van der Waals surface area (Å²) in [6, 6.07) is 64.3. The topological polar surface area (TPSA) is 54.8 Å². The summed E-state index contributed by atoms with van der Waals surface area (Å²) in [5.74, 6) is 1.50. The van der Waals surface area contributed by atoms with Gasteiger partial charge in [-0.15, -0.1) is 11.3 Å². The fraction of sp³-hybridized carbons (Fsp3) is 0.0196. The lowest BCUT2D eigenvalue weighted by atomic mass is 9.97. The molecule has 0 aliphatic carbocycles. The van der Waals surface area contributed by atoms with Crippen LogP contribution in [-0.2, 0) is 0 Å². The Morgan fingerprint density at radius 3 is 2.02 bits per heavy atom. The highest BCUT2D eigenvalue weighted by Crippen LogP contribution is 2.44. The molecular formula is C51H32N4OS. The number of hydrogen-bond donors (Lipinski definition) is 1. The van der Waals surface area contributed by atoms with Crippen molar-refractivity contribution >= 4 is 86.9 Å². The maximum Gasteiger partial charge on any atom is 0.159 e. The number of rotatable bonds is 5. The van der Waals surface area contributed by atoms with Gasteiger partial charge in [0, 0.05) is 52.8 Å². The Hall–Kier alpha value is -7.28. The van der Waals surface area contributed by atoms with Gasteiger partial charge < -0.3 is 14.3 Å². The van der Waals surface area contributed by atoms with E-state index in [-0.39, 0.29) is 6.17 Å². The number of nitrogens with one attached hydrogen (secondary N) is 1. The molecular weight excluding hydrogens is 717 g/mol. The van der Waals surface area contributed by atoms with Gasteiger partial charge in [-0.1, -0.05) is 133 Å². The zero-order chi connectivity index (χ0) is 37.5. The molecule has 57 heavy (non-hydrogen) atoms. The average molecular weight is 749 g/mol. The van der Waals surface area contributed by atoms with Gasteiger partial charge >= 0.3 is 0 Å². The Balaban J connectivity index is 0.995. The number of furan rings is 1. The predicted molar refractivity (Wildman–Crippen MR) is 238 cm³/mol. The van der Waals surface area contributed by atoms with Crippen LogP contribution in [0.2, 0.25) is 0 Å². The van der Waals surface area contributed by atoms with Gasteiger partial charge in [-0.3, -0.25) is 0 Å². The number of aliphatic imine (C=N–C) groups is 2. The first-order valence-electron chi connectivity index (χ1n) is 19.2. The maximum atomic E-state index is 6.52. The van der Waals surface area contributed by atoms with Crippen LogP contribution < -0.4 is 5.32 Å². The highest BCUT2D eigenvalue weighted by molar-refractivity contribution is 7.26. The highest BCUT2D eigenvalue weighted by atomic mass is 32.1. The summed E-state index contributed by atoms with van der Waals surface area (Å²) in [5, 5.41) is 10.9. The number of nitrogens with zero attached hydrogens (tertiary/aromatic N) is 3. The number of benzene rings is 8. The highest BCUT2D eigenvalue weighted by Gasteiger charge is 2.23. The third kappa shape index (κ3) is 5.08. The second-order valence-corrected chi connectivity index (χ2v) is 15.6. The summed E-state index contributed by atoms with van der Waals surface area (Å²) in [6.07, 6.45) is -0.340. The van der Waals surface area contributed by atoms with Gasteiger partial charge in [0.25, 0.3) is 0 Å². The third-order valence-corrected chi connectivity index (χ3v) is 12.4. The lowest BCUT2D eigenvalue weighted by Crippen LogP contribution is -2.33. The molecule has 0 bridgehead atoms. The lowest BCUT2D eigenvalue weighted by Gasteiger charge is -2.23. The molecule has 1 unspecified atom stereocenters. The summed E-state index contributed by atoms with van der Waals surface area (Å²) in [4.78, 5) is 10.1. The molecule has 11 aromatic rings. The summed E-state index contributed by atoms with van der Waals surface area (Å²) in [7, 11) is 0. The molecule has 0 saturated carbocycles. The Kier molecular flexibility index (Phi) is 7.09. The van der Waals surface area contributed by atoms with Gasteiger partial charge in [0.15, 0.2) is 5.84 Å². The van der Waals surface area contributed by atoms with Crippen molar-refractivity contribution in [2.24, 2.45) is 9.98 Å². The molecule has 0 saturated heterocycles. The largest absolute Gasteiger partial charge is 0.456 e. The first-order chi connectivity index (χ1) is 28.2. The van der Waals surface area contributed by atoms with E-state index in [1.807, 2.05) is 47.7 Å². The van der Waals surface area contributed by atoms with E-state index >= 15 is 0 Å². The summed E-state index contributed by atoms with van der Waals surface area (Å²) in [6.45, 7) is 0. The zero-order valence-electron chi connectivity index (χ0n) is 30.6. The number of hydrogen-bond acceptors (Lipinski definition) is 5. The number of fused-ring (bicyclic) bond motifs is 9. The molecule has 268 valence electrons. The van der Waals surface area contributed by atoms with Gasteiger partial charge in [0.05, 0.1) is 16.7 Å². The van der Waals surface area contributed by atoms with Crippen LogP contribution in [-0.4, -0.2) is 16.2 Å². The molecule has 8 aromatic carbocycles. The molecule has 1 aliphatic rings. The van der Waals surface area contributed by atoms with E-state index in [2.05, 4.69) is 155 Å². The van der Waals surface area contributed by atoms with Crippen LogP contribution in [0.15, 0.2) is 196 Å². The molecule has 1 N–H and O–H groups in total. The normalized spacial score (nSPS) is 14.5. The minimum atomic E-state index is -0.340. The van der Waals surface area contributed by atoms with Crippen molar-refractivity contribution in [2.75, 3.05) is 0 Å². The number of thiophene rings is 1. The van der Waals surface area contributed by atoms with E-state index in [4.69, 9.17) is 14.4 Å². The van der Waals surface area contributed by atoms with Crippen molar-refractivity contribution in [1.29, 1.82) is 0 Å². The van der Waals surface area contributed by atoms with Crippen molar-refractivity contribution in [1.82, 2.24) is 9.88 Å². The Morgan fingerprint density at radius 1 is 0.509 bits per heavy atom. The van der Waals surface area contributed by atoms with Gasteiger partial charge in [-0.25, -0.2) is 9.98 Å². The van der Waals surface area contributed by atoms with E-state index in [1.54, 1.807) is 0 Å². The molecule has 0 fully saturated rings. The van der Waals surface area contributed by atoms with Crippen molar-refractivity contribution in [3.8, 4) is 16.8 Å². The molecule has 4 heterocycles. The van der Waals surface area contributed by atoms with Crippen LogP contribution in [0.4, 0.5) is 0 Å². The maximum absolute atomic E-state index is 6.52. The smallest absolute Gasteiger partial charge is 0.159 e. The number of aromatic nitrogens is 1. The molecule has 12 rings (SSSR count). The first-order valence-corrected chi connectivity index (χ1v) is 20.0. The van der Waals surface area contributed by atoms with E-state index < -0.39 is 0 Å². The summed E-state index contributed by atoms with van der Waals surface area (Å²) < 4.78 is 11.5. The molecule has 1 atom stereocenters. The van der Waals surface area contributed by atoms with E-state index in [1.165, 1.54) is 47.7 Å². The van der Waals surface area contributed by atoms with Crippen LogP contribution in [0.25, 0.3) is 80.7 Å². The van der Waals surface area contributed by atoms with Gasteiger partial charge in [-0.05, 0) is 65.2 Å². The predicted octanol–water partition coefficient (Wildman–Crippen LogP) is 13.2. The SMILES string of the molecule is c1ccc(C2=NC(c3ccc4oc5cccc(-c6ccc7c(c6)sc6cccc(-n8c9ccccc9c9ccccc98)c67)c5c4c3)NC(c3ccccc3)=N2)cc1. The standard InChI is InChI=1S/C51H32N4OS/c1-3-13-31(14-4-1)49-52-50(32-15-5-2-6-16-32)54-51(53-49)34-26-28-43-39(29-34)47-35(19-11-23-44(47)56-43)33-25-27-38-46(30-33)57-45-24-12-22-42(48(38)45)55-40-20-9-7-17-36(40)37-18-8-10-21-41(37)55/h1-30,51H,(H,52,53,54). The number of amidine groups is 2. The fourth-order valence-corrected chi connectivity index (χ4v) is 9.84. The zero-order valence-corrected chi connectivity index (χ0v) is 31.4. The van der Waals surface area contributed by atoms with Gasteiger partial charge in [0.2, 0.25) is 0 Å². The Bertz CT molecular complexity index is 3390. The van der Waals surface area contributed by atoms with E-state index in [0.717, 1.165) is 55.6 Å². The third-order valence-electron chi connectivity index (χ3n) is 11.3. The minimum absolute atomic E-state index is 0.340. The molecule has 5 nitrogen and oxygen atoms in total. The second-order valence-electron chi connectivity index (χ2n) is 14.6. The number of para-hydroxylation sites is 2. The Labute approximate surface area is 331 Å². The van der Waals surface area contributed by atoms with Crippen LogP contribution in [0, 0.1) is 0 Å². The van der Waals surface area contributed by atoms with Crippen molar-refractivity contribution in [3.63, 3.8) is 0 Å². The van der Waals surface area contributed by atoms with Crippen LogP contribution in [0.5, 0.6) is 0 Å². The summed E-state index contributed by atoms with van der Waals surface area (Å²) in [5.41, 5.74) is 10.7. The minimum Gasteiger partial charge on any atom is -0.456 e. The van der Waals surface area contributed by atoms with E-state index in [9.17, 15) is 0 Å². The summed E-state index contributed by atoms with van der Waals surface area (Å²) >= 11 is 1.85. The van der Waals surface area contributed by atoms with Crippen LogP contribution in [0.3, 0.4) is 0 Å².